The molecule has 1 saturated heterocycles. The van der Waals surface area contributed by atoms with Gasteiger partial charge in [0, 0.05) is 19.0 Å². The average Bonchev–Trinajstić information content (AvgIpc) is 3.39. The number of halogens is 1. The molecule has 0 bridgehead atoms. The number of rotatable bonds is 5. The molecule has 0 aliphatic carbocycles. The van der Waals surface area contributed by atoms with Crippen molar-refractivity contribution < 1.29 is 17.7 Å². The van der Waals surface area contributed by atoms with Crippen LogP contribution in [0.2, 0.25) is 5.02 Å². The first kappa shape index (κ1) is 21.5. The van der Waals surface area contributed by atoms with Gasteiger partial charge in [0.05, 0.1) is 15.6 Å². The quantitative estimate of drug-likeness (QED) is 0.612. The minimum absolute atomic E-state index is 0.0387. The van der Waals surface area contributed by atoms with E-state index in [0.29, 0.717) is 30.9 Å². The summed E-state index contributed by atoms with van der Waals surface area (Å²) < 4.78 is 33.4. The molecule has 3 aromatic rings. The molecule has 1 aliphatic rings. The van der Waals surface area contributed by atoms with Gasteiger partial charge in [-0.2, -0.15) is 9.29 Å². The van der Waals surface area contributed by atoms with Crippen LogP contribution >= 0.6 is 11.6 Å². The Hall–Kier alpha value is -2.75. The van der Waals surface area contributed by atoms with E-state index in [2.05, 4.69) is 15.5 Å². The summed E-state index contributed by atoms with van der Waals surface area (Å²) in [4.78, 5) is 15.8. The second kappa shape index (κ2) is 8.41. The molecular weight excluding hydrogens is 440 g/mol. The van der Waals surface area contributed by atoms with Crippen LogP contribution < -0.4 is 5.32 Å². The van der Waals surface area contributed by atoms with Gasteiger partial charge >= 0.3 is 0 Å². The first-order valence-electron chi connectivity index (χ1n) is 9.75. The number of aryl methyl sites for hydroxylation is 1. The molecule has 0 unspecified atom stereocenters. The molecule has 0 radical (unpaired) electrons. The first-order valence-corrected chi connectivity index (χ1v) is 11.6. The van der Waals surface area contributed by atoms with E-state index in [0.717, 1.165) is 11.1 Å². The molecule has 1 fully saturated rings. The van der Waals surface area contributed by atoms with E-state index in [1.54, 1.807) is 0 Å². The lowest BCUT2D eigenvalue weighted by molar-refractivity contribution is -0.114. The number of sulfonamides is 1. The number of benzene rings is 2. The third-order valence-electron chi connectivity index (χ3n) is 5.10. The molecule has 1 N–H and O–H groups in total. The fourth-order valence-electron chi connectivity index (χ4n) is 3.55. The Bertz CT molecular complexity index is 1220. The third-order valence-corrected chi connectivity index (χ3v) is 7.31. The maximum absolute atomic E-state index is 13.3. The summed E-state index contributed by atoms with van der Waals surface area (Å²) in [7, 11) is -3.86. The molecule has 162 valence electrons. The summed E-state index contributed by atoms with van der Waals surface area (Å²) >= 11 is 6.18. The average molecular weight is 461 g/mol. The molecule has 2 heterocycles. The number of hydrogen-bond donors (Lipinski definition) is 1. The van der Waals surface area contributed by atoms with Crippen molar-refractivity contribution >= 4 is 33.2 Å². The Labute approximate surface area is 185 Å². The summed E-state index contributed by atoms with van der Waals surface area (Å²) in [5, 5.41) is 6.74. The van der Waals surface area contributed by atoms with Crippen molar-refractivity contribution in [2.24, 2.45) is 0 Å². The van der Waals surface area contributed by atoms with Crippen LogP contribution in [0.5, 0.6) is 0 Å². The Morgan fingerprint density at radius 3 is 2.65 bits per heavy atom. The summed E-state index contributed by atoms with van der Waals surface area (Å²) in [5.41, 5.74) is 2.27. The van der Waals surface area contributed by atoms with E-state index in [9.17, 15) is 13.2 Å². The van der Waals surface area contributed by atoms with Crippen LogP contribution in [0.1, 0.15) is 37.3 Å². The molecular formula is C21H21ClN4O4S. The van der Waals surface area contributed by atoms with E-state index in [4.69, 9.17) is 16.1 Å². The van der Waals surface area contributed by atoms with Crippen LogP contribution in [0.15, 0.2) is 51.9 Å². The maximum Gasteiger partial charge on any atom is 0.245 e. The van der Waals surface area contributed by atoms with Crippen molar-refractivity contribution in [2.75, 3.05) is 11.9 Å². The van der Waals surface area contributed by atoms with Gasteiger partial charge < -0.3 is 9.84 Å². The van der Waals surface area contributed by atoms with Gasteiger partial charge in [-0.05, 0) is 38.0 Å². The smallest absolute Gasteiger partial charge is 0.245 e. The molecule has 2 aromatic carbocycles. The van der Waals surface area contributed by atoms with Crippen molar-refractivity contribution in [3.8, 4) is 11.4 Å². The van der Waals surface area contributed by atoms with Gasteiger partial charge in [-0.1, -0.05) is 46.6 Å². The van der Waals surface area contributed by atoms with Crippen LogP contribution in [0.25, 0.3) is 11.4 Å². The number of nitrogens with one attached hydrogen (secondary N) is 1. The largest absolute Gasteiger partial charge is 0.337 e. The Balaban J connectivity index is 1.61. The second-order valence-electron chi connectivity index (χ2n) is 7.42. The van der Waals surface area contributed by atoms with Gasteiger partial charge in [-0.25, -0.2) is 8.42 Å². The first-order chi connectivity index (χ1) is 14.8. The highest BCUT2D eigenvalue weighted by Crippen LogP contribution is 2.37. The zero-order chi connectivity index (χ0) is 22.2. The van der Waals surface area contributed by atoms with E-state index in [-0.39, 0.29) is 21.7 Å². The van der Waals surface area contributed by atoms with Crippen LogP contribution in [-0.4, -0.2) is 35.3 Å². The number of carbonyl (C=O) groups is 1. The summed E-state index contributed by atoms with van der Waals surface area (Å²) in [5.74, 6) is 0.387. The molecule has 10 heteroatoms. The molecule has 0 spiro atoms. The van der Waals surface area contributed by atoms with Gasteiger partial charge in [0.25, 0.3) is 0 Å². The summed E-state index contributed by atoms with van der Waals surface area (Å²) in [6.45, 7) is 3.67. The number of amides is 1. The van der Waals surface area contributed by atoms with Gasteiger partial charge in [-0.3, -0.25) is 4.79 Å². The molecule has 0 saturated carbocycles. The van der Waals surface area contributed by atoms with Crippen LogP contribution in [0, 0.1) is 6.92 Å². The van der Waals surface area contributed by atoms with E-state index < -0.39 is 16.1 Å². The van der Waals surface area contributed by atoms with Gasteiger partial charge in [0.15, 0.2) is 0 Å². The van der Waals surface area contributed by atoms with E-state index >= 15 is 0 Å². The van der Waals surface area contributed by atoms with Crippen molar-refractivity contribution in [3.63, 3.8) is 0 Å². The summed E-state index contributed by atoms with van der Waals surface area (Å²) in [6, 6.07) is 11.4. The van der Waals surface area contributed by atoms with Gasteiger partial charge in [0.2, 0.25) is 27.6 Å². The van der Waals surface area contributed by atoms with E-state index in [1.807, 2.05) is 31.2 Å². The Kier molecular flexibility index (Phi) is 5.83. The molecule has 1 amide bonds. The maximum atomic E-state index is 13.3. The normalized spacial score (nSPS) is 17.1. The highest BCUT2D eigenvalue weighted by atomic mass is 35.5. The number of anilines is 1. The molecule has 31 heavy (non-hydrogen) atoms. The standard InChI is InChI=1S/C21H21ClN4O4S/c1-13-5-7-15(8-6-13)20-24-21(30-25-20)19-4-3-11-26(19)31(28,29)16-9-10-18(17(22)12-16)23-14(2)27/h5-10,12,19H,3-4,11H2,1-2H3,(H,23,27)/t19-/m0/s1. The van der Waals surface area contributed by atoms with Crippen LogP contribution in [-0.2, 0) is 14.8 Å². The molecule has 1 atom stereocenters. The fraction of sp³-hybridized carbons (Fsp3) is 0.286. The number of nitrogens with zero attached hydrogens (tertiary/aromatic N) is 3. The number of carbonyl (C=O) groups excluding carboxylic acids is 1. The predicted octanol–water partition coefficient (Wildman–Crippen LogP) is 4.18. The highest BCUT2D eigenvalue weighted by molar-refractivity contribution is 7.89. The monoisotopic (exact) mass is 460 g/mol. The highest BCUT2D eigenvalue weighted by Gasteiger charge is 2.39. The molecule has 1 aliphatic heterocycles. The zero-order valence-electron chi connectivity index (χ0n) is 17.0. The van der Waals surface area contributed by atoms with Gasteiger partial charge in [0.1, 0.15) is 6.04 Å². The third kappa shape index (κ3) is 4.34. The zero-order valence-corrected chi connectivity index (χ0v) is 18.6. The molecule has 4 rings (SSSR count). The number of aromatic nitrogens is 2. The lowest BCUT2D eigenvalue weighted by Crippen LogP contribution is -2.31. The van der Waals surface area contributed by atoms with Crippen molar-refractivity contribution in [1.29, 1.82) is 0 Å². The summed E-state index contributed by atoms with van der Waals surface area (Å²) in [6.07, 6.45) is 1.25. The van der Waals surface area contributed by atoms with Gasteiger partial charge in [-0.15, -0.1) is 0 Å². The van der Waals surface area contributed by atoms with Crippen molar-refractivity contribution in [2.45, 2.75) is 37.6 Å². The van der Waals surface area contributed by atoms with Crippen LogP contribution in [0.3, 0.4) is 0 Å². The SMILES string of the molecule is CC(=O)Nc1ccc(S(=O)(=O)N2CCC[C@H]2c2nc(-c3ccc(C)cc3)no2)cc1Cl. The second-order valence-corrected chi connectivity index (χ2v) is 9.72. The molecule has 1 aromatic heterocycles. The topological polar surface area (TPSA) is 105 Å². The number of hydrogen-bond acceptors (Lipinski definition) is 6. The Morgan fingerprint density at radius 2 is 1.97 bits per heavy atom. The fourth-order valence-corrected chi connectivity index (χ4v) is 5.52. The minimum Gasteiger partial charge on any atom is -0.337 e. The predicted molar refractivity (Wildman–Crippen MR) is 116 cm³/mol. The minimum atomic E-state index is -3.86. The van der Waals surface area contributed by atoms with Crippen molar-refractivity contribution in [1.82, 2.24) is 14.4 Å². The van der Waals surface area contributed by atoms with Crippen LogP contribution in [0.4, 0.5) is 5.69 Å². The Morgan fingerprint density at radius 1 is 1.23 bits per heavy atom. The van der Waals surface area contributed by atoms with E-state index in [1.165, 1.54) is 29.4 Å². The lowest BCUT2D eigenvalue weighted by atomic mass is 10.1. The molecule has 8 nitrogen and oxygen atoms in total. The lowest BCUT2D eigenvalue weighted by Gasteiger charge is -2.21. The van der Waals surface area contributed by atoms with Crippen molar-refractivity contribution in [3.05, 3.63) is 58.9 Å².